The van der Waals surface area contributed by atoms with Crippen LogP contribution in [0.2, 0.25) is 0 Å². The van der Waals surface area contributed by atoms with E-state index in [0.717, 1.165) is 12.0 Å². The number of thiazole rings is 1. The lowest BCUT2D eigenvalue weighted by Gasteiger charge is -2.00. The molecule has 6 heteroatoms. The van der Waals surface area contributed by atoms with Crippen LogP contribution in [0.25, 0.3) is 27.7 Å². The van der Waals surface area contributed by atoms with Crippen molar-refractivity contribution >= 4 is 22.6 Å². The molecule has 0 saturated carbocycles. The first-order chi connectivity index (χ1) is 10.8. The van der Waals surface area contributed by atoms with Crippen LogP contribution in [0.5, 0.6) is 0 Å². The first-order valence-corrected chi connectivity index (χ1v) is 7.41. The average Bonchev–Trinajstić information content (AvgIpc) is 3.23. The summed E-state index contributed by atoms with van der Waals surface area (Å²) in [7, 11) is 0. The van der Waals surface area contributed by atoms with Gasteiger partial charge in [-0.15, -0.1) is 11.3 Å². The molecule has 0 fully saturated rings. The third-order valence-corrected chi connectivity index (χ3v) is 4.23. The van der Waals surface area contributed by atoms with Crippen molar-refractivity contribution in [3.63, 3.8) is 0 Å². The third-order valence-electron chi connectivity index (χ3n) is 3.40. The van der Waals surface area contributed by atoms with Crippen molar-refractivity contribution in [3.8, 4) is 22.7 Å². The smallest absolute Gasteiger partial charge is 0.195 e. The maximum atomic E-state index is 13.1. The minimum atomic E-state index is -0.325. The number of furan rings is 1. The Morgan fingerprint density at radius 2 is 2.05 bits per heavy atom. The SMILES string of the molecule is O=Cc1c(-c2ccc(F)cc2)nc2scc(-c3ccco3)n12. The second-order valence-electron chi connectivity index (χ2n) is 4.69. The lowest BCUT2D eigenvalue weighted by Crippen LogP contribution is -1.93. The van der Waals surface area contributed by atoms with Gasteiger partial charge >= 0.3 is 0 Å². The Kier molecular flexibility index (Phi) is 2.90. The highest BCUT2D eigenvalue weighted by Gasteiger charge is 2.19. The van der Waals surface area contributed by atoms with E-state index in [1.807, 2.05) is 11.4 Å². The summed E-state index contributed by atoms with van der Waals surface area (Å²) in [5.41, 5.74) is 2.43. The van der Waals surface area contributed by atoms with Gasteiger partial charge in [-0.05, 0) is 36.4 Å². The van der Waals surface area contributed by atoms with E-state index >= 15 is 0 Å². The molecule has 0 N–H and O–H groups in total. The molecular formula is C16H9FN2O2S. The molecule has 0 saturated heterocycles. The Labute approximate surface area is 128 Å². The molecule has 22 heavy (non-hydrogen) atoms. The van der Waals surface area contributed by atoms with E-state index in [0.29, 0.717) is 27.7 Å². The first-order valence-electron chi connectivity index (χ1n) is 6.53. The maximum absolute atomic E-state index is 13.1. The number of carbonyl (C=O) groups excluding carboxylic acids is 1. The second-order valence-corrected chi connectivity index (χ2v) is 5.52. The molecule has 0 bridgehead atoms. The zero-order chi connectivity index (χ0) is 15.1. The number of aromatic nitrogens is 2. The molecule has 4 aromatic rings. The summed E-state index contributed by atoms with van der Waals surface area (Å²) < 4.78 is 20.2. The van der Waals surface area contributed by atoms with Crippen LogP contribution in [0.15, 0.2) is 52.5 Å². The summed E-state index contributed by atoms with van der Waals surface area (Å²) in [4.78, 5) is 16.8. The summed E-state index contributed by atoms with van der Waals surface area (Å²) >= 11 is 1.42. The minimum absolute atomic E-state index is 0.325. The molecule has 3 heterocycles. The summed E-state index contributed by atoms with van der Waals surface area (Å²) in [6.07, 6.45) is 2.34. The first kappa shape index (κ1) is 13.0. The lowest BCUT2D eigenvalue weighted by atomic mass is 10.1. The van der Waals surface area contributed by atoms with E-state index in [4.69, 9.17) is 4.42 Å². The second kappa shape index (κ2) is 4.92. The Morgan fingerprint density at radius 3 is 2.73 bits per heavy atom. The molecule has 0 aliphatic rings. The highest BCUT2D eigenvalue weighted by Crippen LogP contribution is 2.32. The number of fused-ring (bicyclic) bond motifs is 1. The van der Waals surface area contributed by atoms with Crippen molar-refractivity contribution < 1.29 is 13.6 Å². The van der Waals surface area contributed by atoms with Crippen molar-refractivity contribution in [1.82, 2.24) is 9.38 Å². The van der Waals surface area contributed by atoms with E-state index in [9.17, 15) is 9.18 Å². The van der Waals surface area contributed by atoms with Gasteiger partial charge in [0, 0.05) is 10.9 Å². The predicted octanol–water partition coefficient (Wildman–Crippen LogP) is 4.27. The molecule has 4 rings (SSSR count). The molecular weight excluding hydrogens is 303 g/mol. The average molecular weight is 312 g/mol. The molecule has 0 atom stereocenters. The van der Waals surface area contributed by atoms with Crippen LogP contribution in [0.3, 0.4) is 0 Å². The zero-order valence-corrected chi connectivity index (χ0v) is 12.0. The molecule has 0 radical (unpaired) electrons. The van der Waals surface area contributed by atoms with Crippen LogP contribution < -0.4 is 0 Å². The normalized spacial score (nSPS) is 11.1. The lowest BCUT2D eigenvalue weighted by molar-refractivity contribution is 0.111. The Morgan fingerprint density at radius 1 is 1.23 bits per heavy atom. The number of imidazole rings is 1. The van der Waals surface area contributed by atoms with Gasteiger partial charge in [0.25, 0.3) is 0 Å². The molecule has 1 aromatic carbocycles. The minimum Gasteiger partial charge on any atom is -0.463 e. The number of benzene rings is 1. The fourth-order valence-corrected chi connectivity index (χ4v) is 3.29. The van der Waals surface area contributed by atoms with Gasteiger partial charge in [-0.3, -0.25) is 9.20 Å². The fourth-order valence-electron chi connectivity index (χ4n) is 2.41. The van der Waals surface area contributed by atoms with Crippen molar-refractivity contribution in [2.45, 2.75) is 0 Å². The standard InChI is InChI=1S/C16H9FN2O2S/c17-11-5-3-10(4-6-11)15-12(8-20)19-13(9-22-16(19)18-15)14-2-1-7-21-14/h1-9H. The molecule has 3 aromatic heterocycles. The largest absolute Gasteiger partial charge is 0.463 e. The van der Waals surface area contributed by atoms with Gasteiger partial charge in [-0.2, -0.15) is 0 Å². The van der Waals surface area contributed by atoms with Crippen LogP contribution in [0.1, 0.15) is 10.5 Å². The van der Waals surface area contributed by atoms with E-state index in [2.05, 4.69) is 4.98 Å². The van der Waals surface area contributed by atoms with Crippen molar-refractivity contribution in [2.24, 2.45) is 0 Å². The summed E-state index contributed by atoms with van der Waals surface area (Å²) in [5.74, 6) is 0.339. The molecule has 0 spiro atoms. The summed E-state index contributed by atoms with van der Waals surface area (Å²) in [6.45, 7) is 0. The van der Waals surface area contributed by atoms with Crippen molar-refractivity contribution in [2.75, 3.05) is 0 Å². The highest BCUT2D eigenvalue weighted by atomic mass is 32.1. The number of carbonyl (C=O) groups is 1. The Hall–Kier alpha value is -2.73. The molecule has 0 aliphatic heterocycles. The number of rotatable bonds is 3. The third kappa shape index (κ3) is 1.88. The van der Waals surface area contributed by atoms with Gasteiger partial charge in [-0.25, -0.2) is 9.37 Å². The number of hydrogen-bond acceptors (Lipinski definition) is 4. The quantitative estimate of drug-likeness (QED) is 0.531. The summed E-state index contributed by atoms with van der Waals surface area (Å²) in [6, 6.07) is 9.54. The molecule has 4 nitrogen and oxygen atoms in total. The van der Waals surface area contributed by atoms with Gasteiger partial charge < -0.3 is 4.42 Å². The number of nitrogens with zero attached hydrogens (tertiary/aromatic N) is 2. The predicted molar refractivity (Wildman–Crippen MR) is 81.6 cm³/mol. The topological polar surface area (TPSA) is 47.5 Å². The molecule has 0 amide bonds. The van der Waals surface area contributed by atoms with Crippen LogP contribution >= 0.6 is 11.3 Å². The van der Waals surface area contributed by atoms with Crippen LogP contribution in [-0.2, 0) is 0 Å². The number of halogens is 1. The van der Waals surface area contributed by atoms with Crippen LogP contribution in [0, 0.1) is 5.82 Å². The van der Waals surface area contributed by atoms with Gasteiger partial charge in [-0.1, -0.05) is 0 Å². The van der Waals surface area contributed by atoms with E-state index in [1.165, 1.54) is 23.5 Å². The summed E-state index contributed by atoms with van der Waals surface area (Å²) in [5, 5.41) is 1.89. The number of aldehydes is 1. The molecule has 108 valence electrons. The number of hydrogen-bond donors (Lipinski definition) is 0. The van der Waals surface area contributed by atoms with E-state index in [-0.39, 0.29) is 5.82 Å². The monoisotopic (exact) mass is 312 g/mol. The maximum Gasteiger partial charge on any atom is 0.195 e. The van der Waals surface area contributed by atoms with Gasteiger partial charge in [0.05, 0.1) is 6.26 Å². The van der Waals surface area contributed by atoms with Gasteiger partial charge in [0.1, 0.15) is 22.9 Å². The van der Waals surface area contributed by atoms with Crippen molar-refractivity contribution in [3.05, 3.63) is 59.6 Å². The highest BCUT2D eigenvalue weighted by molar-refractivity contribution is 7.15. The zero-order valence-electron chi connectivity index (χ0n) is 11.2. The Balaban J connectivity index is 1.98. The van der Waals surface area contributed by atoms with E-state index in [1.54, 1.807) is 28.9 Å². The van der Waals surface area contributed by atoms with Crippen molar-refractivity contribution in [1.29, 1.82) is 0 Å². The van der Waals surface area contributed by atoms with Gasteiger partial charge in [0.2, 0.25) is 0 Å². The van der Waals surface area contributed by atoms with Crippen LogP contribution in [0.4, 0.5) is 4.39 Å². The molecule has 0 aliphatic carbocycles. The van der Waals surface area contributed by atoms with E-state index < -0.39 is 0 Å². The molecule has 0 unspecified atom stereocenters. The van der Waals surface area contributed by atoms with Gasteiger partial charge in [0.15, 0.2) is 17.0 Å². The van der Waals surface area contributed by atoms with Crippen LogP contribution in [-0.4, -0.2) is 15.7 Å². The Bertz CT molecular complexity index is 952. The fraction of sp³-hybridized carbons (Fsp3) is 0.